The number of benzene rings is 1. The van der Waals surface area contributed by atoms with Crippen LogP contribution in [0.4, 0.5) is 10.5 Å². The predicted octanol–water partition coefficient (Wildman–Crippen LogP) is 4.65. The monoisotopic (exact) mass is 489 g/mol. The Hall–Kier alpha value is -4.04. The van der Waals surface area contributed by atoms with Crippen LogP contribution < -0.4 is 10.7 Å². The van der Waals surface area contributed by atoms with Crippen molar-refractivity contribution in [1.29, 1.82) is 0 Å². The number of ether oxygens (including phenoxy) is 1. The van der Waals surface area contributed by atoms with Crippen molar-refractivity contribution in [3.63, 3.8) is 0 Å². The lowest BCUT2D eigenvalue weighted by Crippen LogP contribution is -2.36. The highest BCUT2D eigenvalue weighted by molar-refractivity contribution is 5.79. The molecule has 0 aliphatic heterocycles. The van der Waals surface area contributed by atoms with Crippen LogP contribution in [0.1, 0.15) is 37.5 Å². The van der Waals surface area contributed by atoms with E-state index in [2.05, 4.69) is 32.5 Å². The Morgan fingerprint density at radius 3 is 2.64 bits per heavy atom. The van der Waals surface area contributed by atoms with Crippen LogP contribution in [0.2, 0.25) is 0 Å². The minimum atomic E-state index is -0.594. The van der Waals surface area contributed by atoms with Crippen molar-refractivity contribution in [2.24, 2.45) is 5.11 Å². The quantitative estimate of drug-likeness (QED) is 0.294. The first-order valence-corrected chi connectivity index (χ1v) is 11.9. The standard InChI is InChI=1S/C26H31N7O3/c1-26(2,3)36-25(35)32(4)9-10-33-16-19(14-29-31-27)23(34)22-13-21(15-28-24(22)33)30-20-11-17-7-5-6-8-18(17)12-20/h5-8,13,15-16,20,30H,9-12,14H2,1-4H3. The molecule has 1 aliphatic carbocycles. The smallest absolute Gasteiger partial charge is 0.410 e. The first-order valence-electron chi connectivity index (χ1n) is 11.9. The van der Waals surface area contributed by atoms with Crippen molar-refractivity contribution < 1.29 is 9.53 Å². The number of nitrogens with zero attached hydrogens (tertiary/aromatic N) is 6. The molecule has 36 heavy (non-hydrogen) atoms. The predicted molar refractivity (Wildman–Crippen MR) is 139 cm³/mol. The fraction of sp³-hybridized carbons (Fsp3) is 0.423. The molecule has 1 N–H and O–H groups in total. The topological polar surface area (TPSA) is 125 Å². The van der Waals surface area contributed by atoms with Crippen LogP contribution in [0.15, 0.2) is 52.6 Å². The van der Waals surface area contributed by atoms with Crippen LogP contribution in [-0.4, -0.2) is 45.8 Å². The van der Waals surface area contributed by atoms with E-state index in [1.807, 2.05) is 37.5 Å². The van der Waals surface area contributed by atoms with Crippen LogP contribution in [0.3, 0.4) is 0 Å². The van der Waals surface area contributed by atoms with Gasteiger partial charge in [-0.2, -0.15) is 0 Å². The molecule has 0 bridgehead atoms. The third-order valence-corrected chi connectivity index (χ3v) is 6.09. The van der Waals surface area contributed by atoms with E-state index in [9.17, 15) is 9.59 Å². The molecule has 1 aromatic carbocycles. The van der Waals surface area contributed by atoms with Crippen LogP contribution >= 0.6 is 0 Å². The summed E-state index contributed by atoms with van der Waals surface area (Å²) in [7, 11) is 1.66. The average molecular weight is 490 g/mol. The van der Waals surface area contributed by atoms with E-state index in [1.165, 1.54) is 16.0 Å². The molecule has 0 saturated carbocycles. The molecule has 1 aliphatic rings. The molecule has 0 radical (unpaired) electrons. The summed E-state index contributed by atoms with van der Waals surface area (Å²) < 4.78 is 7.24. The van der Waals surface area contributed by atoms with E-state index in [4.69, 9.17) is 10.3 Å². The second-order valence-corrected chi connectivity index (χ2v) is 10.1. The van der Waals surface area contributed by atoms with Gasteiger partial charge in [0.2, 0.25) is 0 Å². The molecule has 3 aromatic rings. The van der Waals surface area contributed by atoms with Crippen molar-refractivity contribution in [1.82, 2.24) is 14.5 Å². The summed E-state index contributed by atoms with van der Waals surface area (Å²) in [5, 5.41) is 7.54. The van der Waals surface area contributed by atoms with Gasteiger partial charge in [0, 0.05) is 42.9 Å². The molecule has 0 fully saturated rings. The van der Waals surface area contributed by atoms with Crippen LogP contribution in [-0.2, 0) is 30.7 Å². The van der Waals surface area contributed by atoms with Gasteiger partial charge in [0.25, 0.3) is 0 Å². The molecule has 10 nitrogen and oxygen atoms in total. The average Bonchev–Trinajstić information content (AvgIpc) is 3.24. The minimum absolute atomic E-state index is 0.0667. The second-order valence-electron chi connectivity index (χ2n) is 10.1. The van der Waals surface area contributed by atoms with Crippen molar-refractivity contribution in [3.05, 3.63) is 80.1 Å². The Kier molecular flexibility index (Phi) is 7.17. The summed E-state index contributed by atoms with van der Waals surface area (Å²) in [5.74, 6) is 0. The number of aromatic nitrogens is 2. The van der Waals surface area contributed by atoms with E-state index in [-0.39, 0.29) is 18.0 Å². The number of amides is 1. The Labute approximate surface area is 209 Å². The van der Waals surface area contributed by atoms with Gasteiger partial charge in [-0.15, -0.1) is 0 Å². The van der Waals surface area contributed by atoms with E-state index in [1.54, 1.807) is 25.5 Å². The second kappa shape index (κ2) is 10.3. The van der Waals surface area contributed by atoms with Gasteiger partial charge in [0.15, 0.2) is 5.43 Å². The van der Waals surface area contributed by atoms with Gasteiger partial charge in [-0.3, -0.25) is 4.79 Å². The molecular formula is C26H31N7O3. The van der Waals surface area contributed by atoms with Gasteiger partial charge >= 0.3 is 6.09 Å². The number of nitrogens with one attached hydrogen (secondary N) is 1. The number of fused-ring (bicyclic) bond motifs is 2. The Morgan fingerprint density at radius 1 is 1.31 bits per heavy atom. The maximum atomic E-state index is 13.2. The van der Waals surface area contributed by atoms with Crippen LogP contribution in [0.5, 0.6) is 0 Å². The number of hydrogen-bond acceptors (Lipinski definition) is 6. The van der Waals surface area contributed by atoms with Gasteiger partial charge in [-0.05, 0) is 56.3 Å². The minimum Gasteiger partial charge on any atom is -0.444 e. The van der Waals surface area contributed by atoms with E-state index < -0.39 is 11.7 Å². The lowest BCUT2D eigenvalue weighted by Gasteiger charge is -2.25. The van der Waals surface area contributed by atoms with Gasteiger partial charge in [-0.25, -0.2) is 9.78 Å². The number of carbonyl (C=O) groups excluding carboxylic acids is 1. The third-order valence-electron chi connectivity index (χ3n) is 6.09. The SMILES string of the molecule is CN(CCn1cc(CN=[N+]=[N-])c(=O)c2cc(NC3Cc4ccccc4C3)cnc21)C(=O)OC(C)(C)C. The van der Waals surface area contributed by atoms with Gasteiger partial charge in [0.05, 0.1) is 23.8 Å². The number of likely N-dealkylation sites (N-methyl/N-ethyl adjacent to an activating group) is 1. The summed E-state index contributed by atoms with van der Waals surface area (Å²) in [6.45, 7) is 6.10. The number of rotatable bonds is 7. The van der Waals surface area contributed by atoms with Crippen molar-refractivity contribution in [2.75, 3.05) is 18.9 Å². The normalized spacial score (nSPS) is 13.2. The van der Waals surface area contributed by atoms with Crippen LogP contribution in [0, 0.1) is 0 Å². The molecule has 0 saturated heterocycles. The first-order chi connectivity index (χ1) is 17.1. The Bertz CT molecular complexity index is 1360. The van der Waals surface area contributed by atoms with Gasteiger partial charge in [-0.1, -0.05) is 29.4 Å². The Morgan fingerprint density at radius 2 is 2.00 bits per heavy atom. The number of anilines is 1. The summed E-state index contributed by atoms with van der Waals surface area (Å²) in [4.78, 5) is 34.5. The van der Waals surface area contributed by atoms with E-state index in [0.29, 0.717) is 29.7 Å². The highest BCUT2D eigenvalue weighted by Crippen LogP contribution is 2.25. The largest absolute Gasteiger partial charge is 0.444 e. The molecule has 10 heteroatoms. The van der Waals surface area contributed by atoms with E-state index >= 15 is 0 Å². The number of hydrogen-bond donors (Lipinski definition) is 1. The molecule has 0 unspecified atom stereocenters. The fourth-order valence-electron chi connectivity index (χ4n) is 4.39. The molecule has 1 amide bonds. The zero-order valence-electron chi connectivity index (χ0n) is 21.1. The molecular weight excluding hydrogens is 458 g/mol. The lowest BCUT2D eigenvalue weighted by atomic mass is 10.1. The van der Waals surface area contributed by atoms with Crippen molar-refractivity contribution in [2.45, 2.75) is 58.3 Å². The molecule has 0 spiro atoms. The highest BCUT2D eigenvalue weighted by Gasteiger charge is 2.22. The zero-order chi connectivity index (χ0) is 25.9. The van der Waals surface area contributed by atoms with Crippen molar-refractivity contribution in [3.8, 4) is 0 Å². The maximum Gasteiger partial charge on any atom is 0.410 e. The van der Waals surface area contributed by atoms with Crippen LogP contribution in [0.25, 0.3) is 21.5 Å². The zero-order valence-corrected chi connectivity index (χ0v) is 21.1. The molecule has 188 valence electrons. The fourth-order valence-corrected chi connectivity index (χ4v) is 4.39. The van der Waals surface area contributed by atoms with E-state index in [0.717, 1.165) is 18.5 Å². The molecule has 2 heterocycles. The Balaban J connectivity index is 1.59. The number of pyridine rings is 2. The molecule has 0 atom stereocenters. The highest BCUT2D eigenvalue weighted by atomic mass is 16.6. The summed E-state index contributed by atoms with van der Waals surface area (Å²) in [6, 6.07) is 10.4. The maximum absolute atomic E-state index is 13.2. The first kappa shape index (κ1) is 25.1. The van der Waals surface area contributed by atoms with Gasteiger partial charge < -0.3 is 19.5 Å². The van der Waals surface area contributed by atoms with Gasteiger partial charge in [0.1, 0.15) is 11.2 Å². The summed E-state index contributed by atoms with van der Waals surface area (Å²) in [6.07, 6.45) is 4.76. The third kappa shape index (κ3) is 5.78. The molecule has 4 rings (SSSR count). The number of carbonyl (C=O) groups is 1. The molecule has 2 aromatic heterocycles. The van der Waals surface area contributed by atoms with Crippen molar-refractivity contribution >= 4 is 22.8 Å². The number of azide groups is 1. The lowest BCUT2D eigenvalue weighted by molar-refractivity contribution is 0.0294. The summed E-state index contributed by atoms with van der Waals surface area (Å²) >= 11 is 0. The summed E-state index contributed by atoms with van der Waals surface area (Å²) in [5.41, 5.74) is 12.3.